The van der Waals surface area contributed by atoms with Gasteiger partial charge < -0.3 is 10.6 Å². The Bertz CT molecular complexity index is 868. The zero-order valence-corrected chi connectivity index (χ0v) is 13.7. The zero-order valence-electron chi connectivity index (χ0n) is 13.0. The number of aryl methyl sites for hydroxylation is 1. The lowest BCUT2D eigenvalue weighted by atomic mass is 10.3. The Kier molecular flexibility index (Phi) is 4.72. The van der Waals surface area contributed by atoms with Crippen LogP contribution in [-0.2, 0) is 0 Å². The van der Waals surface area contributed by atoms with Crippen LogP contribution in [0.2, 0.25) is 5.02 Å². The molecule has 5 nitrogen and oxygen atoms in total. The van der Waals surface area contributed by atoms with Crippen molar-refractivity contribution in [3.63, 3.8) is 0 Å². The molecular weight excluding hydrogens is 324 g/mol. The van der Waals surface area contributed by atoms with Gasteiger partial charge in [0.1, 0.15) is 5.69 Å². The number of carbonyl (C=O) groups is 1. The van der Waals surface area contributed by atoms with E-state index < -0.39 is 0 Å². The summed E-state index contributed by atoms with van der Waals surface area (Å²) in [6, 6.07) is 18.1. The van der Waals surface area contributed by atoms with E-state index >= 15 is 0 Å². The Morgan fingerprint density at radius 2 is 1.71 bits per heavy atom. The third kappa shape index (κ3) is 4.08. The average Bonchev–Trinajstić information content (AvgIpc) is 2.55. The predicted octanol–water partition coefficient (Wildman–Crippen LogP) is 4.43. The van der Waals surface area contributed by atoms with Crippen molar-refractivity contribution in [2.45, 2.75) is 6.92 Å². The molecule has 1 amide bonds. The van der Waals surface area contributed by atoms with Gasteiger partial charge in [0.05, 0.1) is 0 Å². The van der Waals surface area contributed by atoms with Gasteiger partial charge in [-0.1, -0.05) is 35.9 Å². The molecule has 3 aromatic rings. The lowest BCUT2D eigenvalue weighted by molar-refractivity contribution is 0.102. The molecule has 3 rings (SSSR count). The molecule has 0 radical (unpaired) electrons. The highest BCUT2D eigenvalue weighted by Gasteiger charge is 2.11. The second-order valence-electron chi connectivity index (χ2n) is 5.17. The molecular formula is C18H15ClN4O. The Hall–Kier alpha value is -2.92. The maximum absolute atomic E-state index is 12.4. The van der Waals surface area contributed by atoms with E-state index in [2.05, 4.69) is 20.6 Å². The summed E-state index contributed by atoms with van der Waals surface area (Å²) in [5, 5.41) is 6.42. The minimum absolute atomic E-state index is 0.279. The van der Waals surface area contributed by atoms with E-state index in [0.29, 0.717) is 22.4 Å². The lowest BCUT2D eigenvalue weighted by Crippen LogP contribution is -2.15. The molecule has 0 aliphatic heterocycles. The number of nitrogens with zero attached hydrogens (tertiary/aromatic N) is 2. The molecule has 1 heterocycles. The van der Waals surface area contributed by atoms with E-state index in [-0.39, 0.29) is 11.6 Å². The summed E-state index contributed by atoms with van der Waals surface area (Å²) < 4.78 is 0. The van der Waals surface area contributed by atoms with Crippen LogP contribution in [0.25, 0.3) is 0 Å². The highest BCUT2D eigenvalue weighted by molar-refractivity contribution is 6.30. The van der Waals surface area contributed by atoms with Gasteiger partial charge in [-0.25, -0.2) is 9.97 Å². The van der Waals surface area contributed by atoms with Crippen LogP contribution in [0.4, 0.5) is 17.3 Å². The highest BCUT2D eigenvalue weighted by atomic mass is 35.5. The van der Waals surface area contributed by atoms with Crippen LogP contribution in [0.15, 0.2) is 60.7 Å². The van der Waals surface area contributed by atoms with Gasteiger partial charge in [0, 0.05) is 22.1 Å². The summed E-state index contributed by atoms with van der Waals surface area (Å²) >= 11 is 5.93. The number of amides is 1. The fourth-order valence-corrected chi connectivity index (χ4v) is 2.34. The molecule has 0 aliphatic carbocycles. The maximum Gasteiger partial charge on any atom is 0.274 e. The SMILES string of the molecule is Cc1cc(C(=O)Nc2cccc(Cl)c2)nc(Nc2ccccc2)n1. The number of nitrogens with one attached hydrogen (secondary N) is 2. The molecule has 0 aliphatic rings. The van der Waals surface area contributed by atoms with E-state index in [1.54, 1.807) is 30.3 Å². The molecule has 0 atom stereocenters. The van der Waals surface area contributed by atoms with Gasteiger partial charge in [-0.2, -0.15) is 0 Å². The first-order valence-electron chi connectivity index (χ1n) is 7.35. The number of benzene rings is 2. The number of aromatic nitrogens is 2. The van der Waals surface area contributed by atoms with E-state index in [1.807, 2.05) is 37.3 Å². The van der Waals surface area contributed by atoms with Crippen molar-refractivity contribution in [2.75, 3.05) is 10.6 Å². The number of carbonyl (C=O) groups excluding carboxylic acids is 1. The molecule has 0 spiro atoms. The van der Waals surface area contributed by atoms with Crippen molar-refractivity contribution < 1.29 is 4.79 Å². The Morgan fingerprint density at radius 1 is 0.958 bits per heavy atom. The third-order valence-electron chi connectivity index (χ3n) is 3.20. The number of hydrogen-bond acceptors (Lipinski definition) is 4. The maximum atomic E-state index is 12.4. The van der Waals surface area contributed by atoms with Gasteiger partial charge in [0.15, 0.2) is 0 Å². The number of anilines is 3. The summed E-state index contributed by atoms with van der Waals surface area (Å²) in [6.07, 6.45) is 0. The average molecular weight is 339 g/mol. The Balaban J connectivity index is 1.81. The van der Waals surface area contributed by atoms with Crippen LogP contribution in [0.3, 0.4) is 0 Å². The van der Waals surface area contributed by atoms with Crippen LogP contribution >= 0.6 is 11.6 Å². The van der Waals surface area contributed by atoms with E-state index in [1.165, 1.54) is 0 Å². The van der Waals surface area contributed by atoms with E-state index in [0.717, 1.165) is 5.69 Å². The van der Waals surface area contributed by atoms with Crippen molar-refractivity contribution in [1.82, 2.24) is 9.97 Å². The lowest BCUT2D eigenvalue weighted by Gasteiger charge is -2.09. The van der Waals surface area contributed by atoms with Gasteiger partial charge >= 0.3 is 0 Å². The van der Waals surface area contributed by atoms with Crippen molar-refractivity contribution in [1.29, 1.82) is 0 Å². The first-order chi connectivity index (χ1) is 11.6. The van der Waals surface area contributed by atoms with Crippen LogP contribution in [-0.4, -0.2) is 15.9 Å². The van der Waals surface area contributed by atoms with Gasteiger partial charge in [-0.05, 0) is 43.3 Å². The fourth-order valence-electron chi connectivity index (χ4n) is 2.15. The molecule has 0 bridgehead atoms. The van der Waals surface area contributed by atoms with Gasteiger partial charge in [0.25, 0.3) is 5.91 Å². The number of para-hydroxylation sites is 1. The molecule has 1 aromatic heterocycles. The standard InChI is InChI=1S/C18H15ClN4O/c1-12-10-16(17(24)21-15-9-5-6-13(19)11-15)23-18(20-12)22-14-7-3-2-4-8-14/h2-11H,1H3,(H,21,24)(H,20,22,23). The van der Waals surface area contributed by atoms with Gasteiger partial charge in [-0.15, -0.1) is 0 Å². The molecule has 0 saturated heterocycles. The molecule has 2 aromatic carbocycles. The first kappa shape index (κ1) is 16.0. The largest absolute Gasteiger partial charge is 0.324 e. The van der Waals surface area contributed by atoms with Gasteiger partial charge in [-0.3, -0.25) is 4.79 Å². The fraction of sp³-hybridized carbons (Fsp3) is 0.0556. The topological polar surface area (TPSA) is 66.9 Å². The van der Waals surface area contributed by atoms with Crippen molar-refractivity contribution in [3.8, 4) is 0 Å². The van der Waals surface area contributed by atoms with Crippen molar-refractivity contribution in [2.24, 2.45) is 0 Å². The minimum Gasteiger partial charge on any atom is -0.324 e. The molecule has 0 unspecified atom stereocenters. The third-order valence-corrected chi connectivity index (χ3v) is 3.43. The molecule has 2 N–H and O–H groups in total. The Morgan fingerprint density at radius 3 is 2.46 bits per heavy atom. The molecule has 0 fully saturated rings. The molecule has 120 valence electrons. The quantitative estimate of drug-likeness (QED) is 0.738. The van der Waals surface area contributed by atoms with Crippen molar-refractivity contribution >= 4 is 34.8 Å². The van der Waals surface area contributed by atoms with E-state index in [4.69, 9.17) is 11.6 Å². The number of hydrogen-bond donors (Lipinski definition) is 2. The van der Waals surface area contributed by atoms with Gasteiger partial charge in [0.2, 0.25) is 5.95 Å². The van der Waals surface area contributed by atoms with Crippen LogP contribution < -0.4 is 10.6 Å². The zero-order chi connectivity index (χ0) is 16.9. The molecule has 0 saturated carbocycles. The monoisotopic (exact) mass is 338 g/mol. The van der Waals surface area contributed by atoms with Crippen LogP contribution in [0.1, 0.15) is 16.2 Å². The van der Waals surface area contributed by atoms with Crippen LogP contribution in [0.5, 0.6) is 0 Å². The Labute approximate surface area is 144 Å². The molecule has 24 heavy (non-hydrogen) atoms. The summed E-state index contributed by atoms with van der Waals surface area (Å²) in [5.41, 5.74) is 2.44. The first-order valence-corrected chi connectivity index (χ1v) is 7.72. The number of rotatable bonds is 4. The summed E-state index contributed by atoms with van der Waals surface area (Å²) in [5.74, 6) is 0.0522. The molecule has 6 heteroatoms. The van der Waals surface area contributed by atoms with E-state index in [9.17, 15) is 4.79 Å². The summed E-state index contributed by atoms with van der Waals surface area (Å²) in [7, 11) is 0. The summed E-state index contributed by atoms with van der Waals surface area (Å²) in [6.45, 7) is 1.81. The summed E-state index contributed by atoms with van der Waals surface area (Å²) in [4.78, 5) is 21.0. The second-order valence-corrected chi connectivity index (χ2v) is 5.61. The highest BCUT2D eigenvalue weighted by Crippen LogP contribution is 2.17. The minimum atomic E-state index is -0.320. The number of halogens is 1. The van der Waals surface area contributed by atoms with Crippen molar-refractivity contribution in [3.05, 3.63) is 77.1 Å². The second kappa shape index (κ2) is 7.10. The van der Waals surface area contributed by atoms with Crippen LogP contribution in [0, 0.1) is 6.92 Å². The predicted molar refractivity (Wildman–Crippen MR) is 95.9 cm³/mol. The smallest absolute Gasteiger partial charge is 0.274 e. The normalized spacial score (nSPS) is 10.2.